The lowest BCUT2D eigenvalue weighted by atomic mass is 10.2. The number of hydrogen-bond donors (Lipinski definition) is 0. The van der Waals surface area contributed by atoms with Crippen molar-refractivity contribution in [3.8, 4) is 5.75 Å². The quantitative estimate of drug-likeness (QED) is 0.787. The van der Waals surface area contributed by atoms with Gasteiger partial charge in [0, 0.05) is 5.92 Å². The van der Waals surface area contributed by atoms with E-state index < -0.39 is 12.1 Å². The second-order valence-corrected chi connectivity index (χ2v) is 2.98. The Hall–Kier alpha value is -1.33. The van der Waals surface area contributed by atoms with E-state index in [0.717, 1.165) is 12.4 Å². The molecule has 1 heterocycles. The lowest BCUT2D eigenvalue weighted by Gasteiger charge is -2.08. The average molecular weight is 236 g/mol. The van der Waals surface area contributed by atoms with Crippen LogP contribution in [0.5, 0.6) is 5.75 Å². The summed E-state index contributed by atoms with van der Waals surface area (Å²) in [6.45, 7) is 7.69. The summed E-state index contributed by atoms with van der Waals surface area (Å²) in [6.07, 6.45) is -2.67. The highest BCUT2D eigenvalue weighted by Gasteiger charge is 2.31. The van der Waals surface area contributed by atoms with Crippen LogP contribution in [0.25, 0.3) is 0 Å². The van der Waals surface area contributed by atoms with Crippen molar-refractivity contribution >= 4 is 0 Å². The van der Waals surface area contributed by atoms with Crippen LogP contribution in [0.15, 0.2) is 12.4 Å². The molecule has 0 radical (unpaired) electrons. The van der Waals surface area contributed by atoms with Crippen LogP contribution in [0, 0.1) is 0 Å². The average Bonchev–Trinajstić information content (AvgIpc) is 2.19. The first kappa shape index (κ1) is 14.7. The van der Waals surface area contributed by atoms with Crippen molar-refractivity contribution in [3.05, 3.63) is 18.2 Å². The molecule has 0 aliphatic heterocycles. The Morgan fingerprint density at radius 3 is 1.88 bits per heavy atom. The van der Waals surface area contributed by atoms with Gasteiger partial charge in [-0.1, -0.05) is 27.7 Å². The maximum atomic E-state index is 11.7. The van der Waals surface area contributed by atoms with E-state index in [2.05, 4.69) is 14.7 Å². The molecule has 3 nitrogen and oxygen atoms in total. The Morgan fingerprint density at radius 2 is 1.56 bits per heavy atom. The summed E-state index contributed by atoms with van der Waals surface area (Å²) in [5, 5.41) is 0. The van der Waals surface area contributed by atoms with Gasteiger partial charge in [-0.05, 0) is 0 Å². The van der Waals surface area contributed by atoms with E-state index in [9.17, 15) is 13.2 Å². The molecule has 92 valence electrons. The third-order valence-corrected chi connectivity index (χ3v) is 1.40. The van der Waals surface area contributed by atoms with Crippen LogP contribution in [0.3, 0.4) is 0 Å². The van der Waals surface area contributed by atoms with Gasteiger partial charge in [0.05, 0.1) is 12.4 Å². The summed E-state index contributed by atoms with van der Waals surface area (Å²) in [6, 6.07) is 0. The molecule has 16 heavy (non-hydrogen) atoms. The lowest BCUT2D eigenvalue weighted by Crippen LogP contribution is -2.17. The van der Waals surface area contributed by atoms with Crippen LogP contribution in [-0.2, 0) is 0 Å². The Balaban J connectivity index is 0.00000106. The number of halogens is 3. The Morgan fingerprint density at radius 1 is 1.12 bits per heavy atom. The molecule has 6 heteroatoms. The van der Waals surface area contributed by atoms with Gasteiger partial charge in [0.25, 0.3) is 0 Å². The van der Waals surface area contributed by atoms with Crippen LogP contribution in [-0.4, -0.2) is 16.3 Å². The van der Waals surface area contributed by atoms with E-state index in [0.29, 0.717) is 5.82 Å². The third kappa shape index (κ3) is 5.53. The molecular formula is C10H15F3N2O. The van der Waals surface area contributed by atoms with Crippen LogP contribution in [0.2, 0.25) is 0 Å². The molecule has 0 atom stereocenters. The van der Waals surface area contributed by atoms with Crippen LogP contribution in [0.4, 0.5) is 13.2 Å². The molecule has 0 bridgehead atoms. The highest BCUT2D eigenvalue weighted by molar-refractivity contribution is 5.13. The Bertz CT molecular complexity index is 296. The molecule has 0 saturated heterocycles. The second-order valence-electron chi connectivity index (χ2n) is 2.98. The molecule has 1 aromatic rings. The maximum absolute atomic E-state index is 11.7. The van der Waals surface area contributed by atoms with Gasteiger partial charge < -0.3 is 4.74 Å². The first-order valence-electron chi connectivity index (χ1n) is 4.96. The molecule has 1 aromatic heterocycles. The Labute approximate surface area is 92.7 Å². The van der Waals surface area contributed by atoms with Gasteiger partial charge in [0.15, 0.2) is 5.75 Å². The normalized spacial score (nSPS) is 10.8. The summed E-state index contributed by atoms with van der Waals surface area (Å²) in [7, 11) is 0. The van der Waals surface area contributed by atoms with Gasteiger partial charge in [-0.15, -0.1) is 13.2 Å². The van der Waals surface area contributed by atoms with Crippen molar-refractivity contribution < 1.29 is 17.9 Å². The zero-order valence-electron chi connectivity index (χ0n) is 9.67. The topological polar surface area (TPSA) is 35.0 Å². The van der Waals surface area contributed by atoms with E-state index in [4.69, 9.17) is 0 Å². The third-order valence-electron chi connectivity index (χ3n) is 1.40. The molecule has 0 aromatic carbocycles. The zero-order chi connectivity index (χ0) is 12.8. The summed E-state index contributed by atoms with van der Waals surface area (Å²) in [5.74, 6) is 0.163. The molecule has 0 N–H and O–H groups in total. The van der Waals surface area contributed by atoms with Crippen molar-refractivity contribution in [2.45, 2.75) is 40.0 Å². The number of rotatable bonds is 2. The number of ether oxygens (including phenoxy) is 1. The van der Waals surface area contributed by atoms with E-state index >= 15 is 0 Å². The fraction of sp³-hybridized carbons (Fsp3) is 0.600. The van der Waals surface area contributed by atoms with E-state index in [1.54, 1.807) is 0 Å². The van der Waals surface area contributed by atoms with Crippen molar-refractivity contribution in [3.63, 3.8) is 0 Å². The molecule has 0 spiro atoms. The van der Waals surface area contributed by atoms with E-state index in [1.165, 1.54) is 0 Å². The van der Waals surface area contributed by atoms with Crippen molar-refractivity contribution in [1.82, 2.24) is 9.97 Å². The molecule has 0 aliphatic carbocycles. The summed E-state index contributed by atoms with van der Waals surface area (Å²) in [5.41, 5.74) is 0. The number of aromatic nitrogens is 2. The van der Waals surface area contributed by atoms with Gasteiger partial charge in [-0.2, -0.15) is 0 Å². The first-order chi connectivity index (χ1) is 7.38. The summed E-state index contributed by atoms with van der Waals surface area (Å²) < 4.78 is 38.8. The second kappa shape index (κ2) is 6.30. The van der Waals surface area contributed by atoms with Crippen LogP contribution >= 0.6 is 0 Å². The highest BCUT2D eigenvalue weighted by Crippen LogP contribution is 2.21. The first-order valence-corrected chi connectivity index (χ1v) is 4.96. The number of alkyl halides is 3. The molecule has 0 saturated carbocycles. The van der Waals surface area contributed by atoms with E-state index in [-0.39, 0.29) is 5.92 Å². The molecule has 0 aliphatic rings. The summed E-state index contributed by atoms with van der Waals surface area (Å²) in [4.78, 5) is 7.45. The maximum Gasteiger partial charge on any atom is 0.573 e. The van der Waals surface area contributed by atoms with Crippen molar-refractivity contribution in [2.24, 2.45) is 0 Å². The van der Waals surface area contributed by atoms with Crippen molar-refractivity contribution in [1.29, 1.82) is 0 Å². The lowest BCUT2D eigenvalue weighted by molar-refractivity contribution is -0.274. The molecular weight excluding hydrogens is 221 g/mol. The van der Waals surface area contributed by atoms with Crippen molar-refractivity contribution in [2.75, 3.05) is 0 Å². The number of nitrogens with zero attached hydrogens (tertiary/aromatic N) is 2. The molecule has 0 amide bonds. The minimum atomic E-state index is -4.69. The minimum Gasteiger partial charge on any atom is -0.402 e. The van der Waals surface area contributed by atoms with Gasteiger partial charge in [-0.25, -0.2) is 9.97 Å². The van der Waals surface area contributed by atoms with Gasteiger partial charge in [-0.3, -0.25) is 0 Å². The van der Waals surface area contributed by atoms with Crippen LogP contribution < -0.4 is 4.74 Å². The Kier molecular flexibility index (Phi) is 5.77. The fourth-order valence-electron chi connectivity index (χ4n) is 0.811. The molecule has 0 unspecified atom stereocenters. The standard InChI is InChI=1S/C8H9F3N2O.C2H6/c1-5(2)7-12-3-6(4-13-7)14-8(9,10)11;1-2/h3-5H,1-2H3;1-2H3. The predicted molar refractivity (Wildman–Crippen MR) is 54.2 cm³/mol. The largest absolute Gasteiger partial charge is 0.573 e. The SMILES string of the molecule is CC.CC(C)c1ncc(OC(F)(F)F)cn1. The van der Waals surface area contributed by atoms with Gasteiger partial charge >= 0.3 is 6.36 Å². The molecule has 0 fully saturated rings. The molecule has 1 rings (SSSR count). The fourth-order valence-corrected chi connectivity index (χ4v) is 0.811. The number of hydrogen-bond acceptors (Lipinski definition) is 3. The highest BCUT2D eigenvalue weighted by atomic mass is 19.4. The van der Waals surface area contributed by atoms with Crippen LogP contribution in [0.1, 0.15) is 39.4 Å². The predicted octanol–water partition coefficient (Wildman–Crippen LogP) is 3.52. The summed E-state index contributed by atoms with van der Waals surface area (Å²) >= 11 is 0. The van der Waals surface area contributed by atoms with Gasteiger partial charge in [0.2, 0.25) is 0 Å². The minimum absolute atomic E-state index is 0.0786. The van der Waals surface area contributed by atoms with Gasteiger partial charge in [0.1, 0.15) is 5.82 Å². The zero-order valence-corrected chi connectivity index (χ0v) is 9.67. The van der Waals surface area contributed by atoms with E-state index in [1.807, 2.05) is 27.7 Å². The smallest absolute Gasteiger partial charge is 0.402 e. The monoisotopic (exact) mass is 236 g/mol.